The molecule has 0 unspecified atom stereocenters. The Morgan fingerprint density at radius 1 is 1.08 bits per heavy atom. The van der Waals surface area contributed by atoms with E-state index in [4.69, 9.17) is 0 Å². The molecule has 1 aliphatic rings. The summed E-state index contributed by atoms with van der Waals surface area (Å²) in [5, 5.41) is 21.8. The molecule has 5 nitrogen and oxygen atoms in total. The topological polar surface area (TPSA) is 90.2 Å². The fourth-order valence-electron chi connectivity index (χ4n) is 2.88. The Hall–Kier alpha value is -3.34. The van der Waals surface area contributed by atoms with Crippen LogP contribution in [0, 0.1) is 11.3 Å². The summed E-state index contributed by atoms with van der Waals surface area (Å²) in [4.78, 5) is 25.5. The molecule has 3 rings (SSSR count). The first kappa shape index (κ1) is 17.5. The average molecular weight is 360 g/mol. The number of ketones is 2. The van der Waals surface area contributed by atoms with Gasteiger partial charge in [-0.15, -0.1) is 0 Å². The van der Waals surface area contributed by atoms with E-state index < -0.39 is 36.5 Å². The molecule has 0 saturated carbocycles. The minimum Gasteiger partial charge on any atom is -0.507 e. The summed E-state index contributed by atoms with van der Waals surface area (Å²) < 4.78 is 37.2. The monoisotopic (exact) mass is 360 g/mol. The lowest BCUT2D eigenvalue weighted by Gasteiger charge is -2.22. The minimum absolute atomic E-state index is 0.0679. The number of fused-ring (bicyclic) bond motifs is 2. The summed E-state index contributed by atoms with van der Waals surface area (Å²) in [5.74, 6) is -1.83. The fraction of sp³-hybridized carbons (Fsp3) is 0.167. The Morgan fingerprint density at radius 2 is 1.65 bits per heavy atom. The molecule has 2 aromatic carbocycles. The molecule has 0 saturated heterocycles. The molecule has 0 atom stereocenters. The number of halogens is 3. The molecule has 0 bridgehead atoms. The van der Waals surface area contributed by atoms with Crippen molar-refractivity contribution in [1.82, 2.24) is 0 Å². The summed E-state index contributed by atoms with van der Waals surface area (Å²) in [5.41, 5.74) is -0.847. The second-order valence-electron chi connectivity index (χ2n) is 5.68. The number of phenols is 1. The molecule has 132 valence electrons. The van der Waals surface area contributed by atoms with E-state index in [-0.39, 0.29) is 33.5 Å². The number of benzene rings is 2. The van der Waals surface area contributed by atoms with Crippen LogP contribution in [0.5, 0.6) is 5.75 Å². The van der Waals surface area contributed by atoms with Gasteiger partial charge in [0, 0.05) is 23.7 Å². The van der Waals surface area contributed by atoms with Crippen molar-refractivity contribution in [3.05, 3.63) is 58.1 Å². The number of nitrogens with zero attached hydrogens (tertiary/aromatic N) is 1. The predicted octanol–water partition coefficient (Wildman–Crippen LogP) is 3.40. The van der Waals surface area contributed by atoms with Crippen molar-refractivity contribution in [2.24, 2.45) is 0 Å². The van der Waals surface area contributed by atoms with Crippen LogP contribution in [-0.2, 0) is 0 Å². The molecule has 8 heteroatoms. The normalized spacial score (nSPS) is 13.0. The van der Waals surface area contributed by atoms with Crippen LogP contribution in [0.3, 0.4) is 0 Å². The zero-order valence-electron chi connectivity index (χ0n) is 13.1. The van der Waals surface area contributed by atoms with Crippen molar-refractivity contribution in [3.8, 4) is 11.8 Å². The maximum absolute atomic E-state index is 12.8. The molecule has 0 radical (unpaired) electrons. The first-order valence-corrected chi connectivity index (χ1v) is 7.53. The Labute approximate surface area is 145 Å². The van der Waals surface area contributed by atoms with Gasteiger partial charge < -0.3 is 10.4 Å². The van der Waals surface area contributed by atoms with E-state index in [0.29, 0.717) is 0 Å². The smallest absolute Gasteiger partial charge is 0.390 e. The Bertz CT molecular complexity index is 975. The number of nitrogens with one attached hydrogen (secondary N) is 1. The van der Waals surface area contributed by atoms with E-state index >= 15 is 0 Å². The zero-order valence-corrected chi connectivity index (χ0v) is 13.1. The largest absolute Gasteiger partial charge is 0.507 e. The van der Waals surface area contributed by atoms with Gasteiger partial charge in [0.1, 0.15) is 11.8 Å². The number of phenolic OH excluding ortho intramolecular Hbond substituents is 1. The lowest BCUT2D eigenvalue weighted by atomic mass is 9.81. The van der Waals surface area contributed by atoms with Gasteiger partial charge in [0.2, 0.25) is 0 Å². The van der Waals surface area contributed by atoms with Gasteiger partial charge in [0.05, 0.1) is 28.8 Å². The van der Waals surface area contributed by atoms with Crippen LogP contribution in [-0.4, -0.2) is 29.4 Å². The van der Waals surface area contributed by atoms with Crippen molar-refractivity contribution >= 4 is 17.3 Å². The Balaban J connectivity index is 2.16. The van der Waals surface area contributed by atoms with Crippen molar-refractivity contribution in [2.45, 2.75) is 12.6 Å². The van der Waals surface area contributed by atoms with Gasteiger partial charge in [0.25, 0.3) is 0 Å². The number of rotatable bonds is 3. The SMILES string of the molecule is N#Cc1cc(O)c2c(c1NCCC(F)(F)F)C(=O)c1ccccc1C2=O. The highest BCUT2D eigenvalue weighted by atomic mass is 19.4. The van der Waals surface area contributed by atoms with Crippen LogP contribution in [0.2, 0.25) is 0 Å². The van der Waals surface area contributed by atoms with Crippen molar-refractivity contribution < 1.29 is 27.9 Å². The standard InChI is InChI=1S/C18H11F3N2O3/c19-18(20,21)5-6-23-15-9(8-22)7-12(24)13-14(15)17(26)11-4-2-1-3-10(11)16(13)25/h1-4,7,23-24H,5-6H2. The van der Waals surface area contributed by atoms with E-state index in [1.807, 2.05) is 0 Å². The van der Waals surface area contributed by atoms with E-state index in [9.17, 15) is 33.1 Å². The zero-order chi connectivity index (χ0) is 19.1. The number of hydrogen-bond acceptors (Lipinski definition) is 5. The lowest BCUT2D eigenvalue weighted by molar-refractivity contribution is -0.131. The second-order valence-corrected chi connectivity index (χ2v) is 5.68. The molecule has 26 heavy (non-hydrogen) atoms. The molecule has 0 spiro atoms. The molecule has 2 N–H and O–H groups in total. The van der Waals surface area contributed by atoms with Gasteiger partial charge in [0.15, 0.2) is 11.6 Å². The fourth-order valence-corrected chi connectivity index (χ4v) is 2.88. The first-order chi connectivity index (χ1) is 12.2. The van der Waals surface area contributed by atoms with Gasteiger partial charge in [-0.2, -0.15) is 18.4 Å². The number of aromatic hydroxyl groups is 1. The van der Waals surface area contributed by atoms with Crippen LogP contribution in [0.25, 0.3) is 0 Å². The molecular formula is C18H11F3N2O3. The quantitative estimate of drug-likeness (QED) is 0.699. The number of carbonyl (C=O) groups excluding carboxylic acids is 2. The van der Waals surface area contributed by atoms with Crippen LogP contribution >= 0.6 is 0 Å². The number of alkyl halides is 3. The molecule has 0 heterocycles. The van der Waals surface area contributed by atoms with Crippen LogP contribution in [0.4, 0.5) is 18.9 Å². The molecule has 2 aromatic rings. The number of hydrogen-bond donors (Lipinski definition) is 2. The van der Waals surface area contributed by atoms with Crippen molar-refractivity contribution in [2.75, 3.05) is 11.9 Å². The summed E-state index contributed by atoms with van der Waals surface area (Å²) >= 11 is 0. The third kappa shape index (κ3) is 2.88. The lowest BCUT2D eigenvalue weighted by Crippen LogP contribution is -2.24. The summed E-state index contributed by atoms with van der Waals surface area (Å²) in [6.45, 7) is -0.585. The minimum atomic E-state index is -4.43. The molecule has 1 aliphatic carbocycles. The maximum Gasteiger partial charge on any atom is 0.390 e. The highest BCUT2D eigenvalue weighted by Gasteiger charge is 2.35. The third-order valence-corrected chi connectivity index (χ3v) is 4.01. The highest BCUT2D eigenvalue weighted by Crippen LogP contribution is 2.39. The van der Waals surface area contributed by atoms with Gasteiger partial charge >= 0.3 is 6.18 Å². The molecule has 0 amide bonds. The maximum atomic E-state index is 12.8. The molecule has 0 aliphatic heterocycles. The first-order valence-electron chi connectivity index (χ1n) is 7.53. The summed E-state index contributed by atoms with van der Waals surface area (Å²) in [7, 11) is 0. The van der Waals surface area contributed by atoms with E-state index in [2.05, 4.69) is 5.32 Å². The van der Waals surface area contributed by atoms with E-state index in [1.165, 1.54) is 12.1 Å². The summed E-state index contributed by atoms with van der Waals surface area (Å²) in [6.07, 6.45) is -5.62. The van der Waals surface area contributed by atoms with Crippen LogP contribution < -0.4 is 5.32 Å². The van der Waals surface area contributed by atoms with Crippen LogP contribution in [0.1, 0.15) is 43.8 Å². The molecular weight excluding hydrogens is 349 g/mol. The van der Waals surface area contributed by atoms with E-state index in [1.54, 1.807) is 18.2 Å². The Kier molecular flexibility index (Phi) is 4.16. The molecule has 0 aromatic heterocycles. The number of carbonyl (C=O) groups is 2. The number of anilines is 1. The second kappa shape index (κ2) is 6.19. The Morgan fingerprint density at radius 3 is 2.19 bits per heavy atom. The van der Waals surface area contributed by atoms with Crippen molar-refractivity contribution in [3.63, 3.8) is 0 Å². The summed E-state index contributed by atoms with van der Waals surface area (Å²) in [6, 6.07) is 8.62. The highest BCUT2D eigenvalue weighted by molar-refractivity contribution is 6.31. The average Bonchev–Trinajstić information content (AvgIpc) is 2.59. The van der Waals surface area contributed by atoms with Gasteiger partial charge in [-0.25, -0.2) is 0 Å². The van der Waals surface area contributed by atoms with Crippen molar-refractivity contribution in [1.29, 1.82) is 5.26 Å². The third-order valence-electron chi connectivity index (χ3n) is 4.01. The predicted molar refractivity (Wildman–Crippen MR) is 85.3 cm³/mol. The van der Waals surface area contributed by atoms with Gasteiger partial charge in [-0.3, -0.25) is 9.59 Å². The number of nitriles is 1. The van der Waals surface area contributed by atoms with E-state index in [0.717, 1.165) is 6.07 Å². The van der Waals surface area contributed by atoms with Crippen LogP contribution in [0.15, 0.2) is 30.3 Å². The molecule has 0 fully saturated rings. The van der Waals surface area contributed by atoms with Gasteiger partial charge in [-0.05, 0) is 0 Å². The van der Waals surface area contributed by atoms with Gasteiger partial charge in [-0.1, -0.05) is 24.3 Å².